The van der Waals surface area contributed by atoms with E-state index in [1.807, 2.05) is 32.9 Å². The number of hydrogen-bond donors (Lipinski definition) is 1. The molecule has 1 amide bonds. The monoisotopic (exact) mass is 543 g/mol. The van der Waals surface area contributed by atoms with Gasteiger partial charge in [-0.15, -0.1) is 11.3 Å². The molecule has 0 saturated heterocycles. The smallest absolute Gasteiger partial charge is 0.411 e. The highest BCUT2D eigenvalue weighted by molar-refractivity contribution is 7.22. The third-order valence-electron chi connectivity index (χ3n) is 6.48. The predicted molar refractivity (Wildman–Crippen MR) is 148 cm³/mol. The first-order chi connectivity index (χ1) is 18.8. The highest BCUT2D eigenvalue weighted by Gasteiger charge is 2.30. The molecule has 5 aromatic rings. The minimum Gasteiger partial charge on any atom is -0.484 e. The Hall–Kier alpha value is -4.51. The summed E-state index contributed by atoms with van der Waals surface area (Å²) >= 11 is 1.50. The summed E-state index contributed by atoms with van der Waals surface area (Å²) in [7, 11) is 1.57. The summed E-state index contributed by atoms with van der Waals surface area (Å²) in [6.07, 6.45) is 3.23. The molecule has 1 aliphatic rings. The van der Waals surface area contributed by atoms with E-state index in [1.54, 1.807) is 25.6 Å². The summed E-state index contributed by atoms with van der Waals surface area (Å²) in [4.78, 5) is 31.5. The van der Waals surface area contributed by atoms with Gasteiger partial charge < -0.3 is 19.3 Å². The number of benzene rings is 2. The third-order valence-corrected chi connectivity index (χ3v) is 7.57. The SMILES string of the molecule is COc1cnc2c(-c3nc4c(C)cc5c(c4s3)OCC(CN(C(=O)O)c3cncc(C)c3)O5)cc(C)cc2n1. The molecule has 1 N–H and O–H groups in total. The van der Waals surface area contributed by atoms with Crippen LogP contribution in [0.2, 0.25) is 0 Å². The summed E-state index contributed by atoms with van der Waals surface area (Å²) in [5, 5.41) is 10.6. The molecule has 1 atom stereocenters. The van der Waals surface area contributed by atoms with E-state index in [4.69, 9.17) is 19.2 Å². The zero-order valence-corrected chi connectivity index (χ0v) is 22.6. The van der Waals surface area contributed by atoms with Crippen LogP contribution < -0.4 is 19.1 Å². The van der Waals surface area contributed by atoms with E-state index in [1.165, 1.54) is 22.4 Å². The van der Waals surface area contributed by atoms with Crippen molar-refractivity contribution in [2.75, 3.05) is 25.2 Å². The number of ether oxygens (including phenoxy) is 3. The lowest BCUT2D eigenvalue weighted by Crippen LogP contribution is -2.43. The Morgan fingerprint density at radius 1 is 1.10 bits per heavy atom. The maximum atomic E-state index is 12.0. The van der Waals surface area contributed by atoms with Gasteiger partial charge in [-0.05, 0) is 61.7 Å². The number of anilines is 1. The topological polar surface area (TPSA) is 120 Å². The predicted octanol–water partition coefficient (Wildman–Crippen LogP) is 5.56. The van der Waals surface area contributed by atoms with E-state index in [-0.39, 0.29) is 13.2 Å². The molecule has 0 saturated carbocycles. The van der Waals surface area contributed by atoms with Crippen LogP contribution in [0.1, 0.15) is 16.7 Å². The summed E-state index contributed by atoms with van der Waals surface area (Å²) in [6.45, 7) is 6.14. The molecular formula is C28H25N5O5S. The molecule has 198 valence electrons. The zero-order valence-electron chi connectivity index (χ0n) is 21.8. The number of thiazole rings is 1. The van der Waals surface area contributed by atoms with E-state index in [0.29, 0.717) is 23.1 Å². The van der Waals surface area contributed by atoms with Gasteiger partial charge in [0.15, 0.2) is 17.6 Å². The molecule has 3 aromatic heterocycles. The molecule has 1 unspecified atom stereocenters. The lowest BCUT2D eigenvalue weighted by Gasteiger charge is -2.30. The standard InChI is InChI=1S/C28H25N5O5S/c1-14-6-19(24-20(7-14)31-22(36-4)11-30-24)27-32-23-16(3)8-21-25(26(23)39-27)37-13-18(38-21)12-33(28(34)35)17-5-15(2)9-29-10-17/h5-11,18H,12-13H2,1-4H3,(H,34,35). The maximum Gasteiger partial charge on any atom is 0.411 e. The molecule has 6 rings (SSSR count). The van der Waals surface area contributed by atoms with Crippen LogP contribution in [0.4, 0.5) is 10.5 Å². The van der Waals surface area contributed by atoms with Crippen molar-refractivity contribution < 1.29 is 24.1 Å². The highest BCUT2D eigenvalue weighted by atomic mass is 32.1. The molecular weight excluding hydrogens is 518 g/mol. The van der Waals surface area contributed by atoms with E-state index < -0.39 is 12.2 Å². The largest absolute Gasteiger partial charge is 0.484 e. The number of carboxylic acid groups (broad SMARTS) is 1. The van der Waals surface area contributed by atoms with Gasteiger partial charge in [-0.25, -0.2) is 19.7 Å². The number of carbonyl (C=O) groups is 1. The van der Waals surface area contributed by atoms with E-state index in [9.17, 15) is 9.90 Å². The molecule has 4 heterocycles. The summed E-state index contributed by atoms with van der Waals surface area (Å²) < 4.78 is 18.6. The number of hydrogen-bond acceptors (Lipinski definition) is 9. The molecule has 0 spiro atoms. The van der Waals surface area contributed by atoms with Gasteiger partial charge in [0, 0.05) is 11.8 Å². The first-order valence-electron chi connectivity index (χ1n) is 12.3. The molecule has 39 heavy (non-hydrogen) atoms. The van der Waals surface area contributed by atoms with Crippen LogP contribution in [0.25, 0.3) is 31.8 Å². The number of methoxy groups -OCH3 is 1. The van der Waals surface area contributed by atoms with Gasteiger partial charge in [-0.2, -0.15) is 0 Å². The maximum absolute atomic E-state index is 12.0. The fourth-order valence-corrected chi connectivity index (χ4v) is 5.85. The van der Waals surface area contributed by atoms with E-state index in [0.717, 1.165) is 48.5 Å². The number of aryl methyl sites for hydroxylation is 3. The van der Waals surface area contributed by atoms with Crippen molar-refractivity contribution in [3.63, 3.8) is 0 Å². The highest BCUT2D eigenvalue weighted by Crippen LogP contribution is 2.46. The van der Waals surface area contributed by atoms with Crippen molar-refractivity contribution >= 4 is 44.4 Å². The molecule has 10 nitrogen and oxygen atoms in total. The van der Waals surface area contributed by atoms with Crippen LogP contribution in [0, 0.1) is 20.8 Å². The van der Waals surface area contributed by atoms with Crippen molar-refractivity contribution in [3.05, 3.63) is 59.5 Å². The molecule has 0 fully saturated rings. The second-order valence-electron chi connectivity index (χ2n) is 9.47. The van der Waals surface area contributed by atoms with Crippen LogP contribution in [0.5, 0.6) is 17.4 Å². The molecule has 0 bridgehead atoms. The van der Waals surface area contributed by atoms with Crippen LogP contribution in [0.3, 0.4) is 0 Å². The zero-order chi connectivity index (χ0) is 27.3. The van der Waals surface area contributed by atoms with Crippen molar-refractivity contribution in [1.82, 2.24) is 19.9 Å². The average Bonchev–Trinajstić information content (AvgIpc) is 3.37. The van der Waals surface area contributed by atoms with E-state index >= 15 is 0 Å². The Bertz CT molecular complexity index is 1750. The van der Waals surface area contributed by atoms with Gasteiger partial charge in [-0.3, -0.25) is 9.88 Å². The van der Waals surface area contributed by atoms with Gasteiger partial charge in [-0.1, -0.05) is 0 Å². The number of pyridine rings is 1. The first kappa shape index (κ1) is 24.8. The molecule has 0 aliphatic carbocycles. The van der Waals surface area contributed by atoms with Crippen molar-refractivity contribution in [2.24, 2.45) is 0 Å². The van der Waals surface area contributed by atoms with Gasteiger partial charge in [0.1, 0.15) is 16.3 Å². The number of rotatable bonds is 5. The lowest BCUT2D eigenvalue weighted by atomic mass is 10.1. The summed E-state index contributed by atoms with van der Waals surface area (Å²) in [5.41, 5.74) is 6.50. The molecule has 11 heteroatoms. The Morgan fingerprint density at radius 3 is 2.72 bits per heavy atom. The van der Waals surface area contributed by atoms with Gasteiger partial charge in [0.25, 0.3) is 0 Å². The second kappa shape index (κ2) is 9.66. The van der Waals surface area contributed by atoms with Crippen molar-refractivity contribution in [3.8, 4) is 28.0 Å². The van der Waals surface area contributed by atoms with Crippen LogP contribution in [-0.4, -0.2) is 57.5 Å². The fourth-order valence-electron chi connectivity index (χ4n) is 4.70. The Morgan fingerprint density at radius 2 is 1.95 bits per heavy atom. The number of nitrogens with zero attached hydrogens (tertiary/aromatic N) is 5. The normalized spacial score (nSPS) is 14.5. The van der Waals surface area contributed by atoms with Crippen molar-refractivity contribution in [1.29, 1.82) is 0 Å². The minimum absolute atomic E-state index is 0.0995. The minimum atomic E-state index is -1.08. The second-order valence-corrected chi connectivity index (χ2v) is 10.5. The average molecular weight is 544 g/mol. The van der Waals surface area contributed by atoms with Crippen LogP contribution in [0.15, 0.2) is 42.9 Å². The first-order valence-corrected chi connectivity index (χ1v) is 13.1. The van der Waals surface area contributed by atoms with Crippen LogP contribution in [-0.2, 0) is 0 Å². The van der Waals surface area contributed by atoms with E-state index in [2.05, 4.69) is 21.0 Å². The quantitative estimate of drug-likeness (QED) is 0.304. The van der Waals surface area contributed by atoms with Gasteiger partial charge in [0.05, 0.1) is 48.3 Å². The lowest BCUT2D eigenvalue weighted by molar-refractivity contribution is 0.0961. The fraction of sp³-hybridized carbons (Fsp3) is 0.250. The van der Waals surface area contributed by atoms with Gasteiger partial charge in [0.2, 0.25) is 5.88 Å². The number of aromatic nitrogens is 4. The number of amides is 1. The Balaban J connectivity index is 1.35. The number of fused-ring (bicyclic) bond motifs is 4. The Kier molecular flexibility index (Phi) is 6.15. The molecule has 2 aromatic carbocycles. The third kappa shape index (κ3) is 4.54. The van der Waals surface area contributed by atoms with Crippen molar-refractivity contribution in [2.45, 2.75) is 26.9 Å². The van der Waals surface area contributed by atoms with Gasteiger partial charge >= 0.3 is 6.09 Å². The Labute approximate surface area is 227 Å². The molecule has 0 radical (unpaired) electrons. The summed E-state index contributed by atoms with van der Waals surface area (Å²) in [6, 6.07) is 7.70. The summed E-state index contributed by atoms with van der Waals surface area (Å²) in [5.74, 6) is 1.63. The van der Waals surface area contributed by atoms with Crippen LogP contribution >= 0.6 is 11.3 Å². The molecule has 1 aliphatic heterocycles.